The molecule has 3 nitrogen and oxygen atoms in total. The van der Waals surface area contributed by atoms with Crippen molar-refractivity contribution in [2.45, 2.75) is 5.41 Å². The summed E-state index contributed by atoms with van der Waals surface area (Å²) in [5, 5.41) is 3.31. The molecule has 232 valence electrons. The maximum Gasteiger partial charge on any atom is 0.144 e. The maximum atomic E-state index is 5.22. The smallest absolute Gasteiger partial charge is 0.144 e. The van der Waals surface area contributed by atoms with Crippen molar-refractivity contribution in [3.8, 4) is 55.2 Å². The molecule has 4 heteroatoms. The predicted molar refractivity (Wildman–Crippen MR) is 205 cm³/mol. The van der Waals surface area contributed by atoms with E-state index in [4.69, 9.17) is 9.97 Å². The number of thiazole rings is 1. The molecule has 9 aromatic rings. The molecule has 3 heterocycles. The van der Waals surface area contributed by atoms with Crippen LogP contribution >= 0.6 is 11.3 Å². The van der Waals surface area contributed by atoms with Gasteiger partial charge in [0.05, 0.1) is 11.1 Å². The van der Waals surface area contributed by atoms with Gasteiger partial charge in [0.25, 0.3) is 0 Å². The van der Waals surface area contributed by atoms with Crippen molar-refractivity contribution in [3.05, 3.63) is 186 Å². The first-order chi connectivity index (χ1) is 24.8. The van der Waals surface area contributed by atoms with E-state index in [1.54, 1.807) is 11.3 Å². The highest BCUT2D eigenvalue weighted by atomic mass is 32.1. The number of hydrogen-bond donors (Lipinski definition) is 0. The molecule has 0 saturated carbocycles. The van der Waals surface area contributed by atoms with Gasteiger partial charge in [0, 0.05) is 34.5 Å². The second-order valence-electron chi connectivity index (χ2n) is 13.2. The largest absolute Gasteiger partial charge is 0.263 e. The lowest BCUT2D eigenvalue weighted by molar-refractivity contribution is 0.794. The minimum atomic E-state index is -0.370. The minimum absolute atomic E-state index is 0.370. The van der Waals surface area contributed by atoms with Crippen molar-refractivity contribution in [2.75, 3.05) is 0 Å². The molecule has 11 rings (SSSR count). The number of pyridine rings is 2. The van der Waals surface area contributed by atoms with Crippen molar-refractivity contribution in [2.24, 2.45) is 0 Å². The lowest BCUT2D eigenvalue weighted by Crippen LogP contribution is -2.25. The van der Waals surface area contributed by atoms with Gasteiger partial charge in [-0.05, 0) is 73.7 Å². The summed E-state index contributed by atoms with van der Waals surface area (Å²) in [7, 11) is 0. The highest BCUT2D eigenvalue weighted by Gasteiger charge is 2.51. The SMILES string of the molecule is c1ccc2c(c1)-c1ccccc1C21c2ccccc2-c2ccc(-c3ccc4nc(-c5ccc(-c6cncc7ccccc67)cc5)sc4n3)cc21. The van der Waals surface area contributed by atoms with E-state index in [0.29, 0.717) is 0 Å². The van der Waals surface area contributed by atoms with Crippen LogP contribution in [0, 0.1) is 0 Å². The first-order valence-electron chi connectivity index (χ1n) is 16.9. The van der Waals surface area contributed by atoms with Gasteiger partial charge in [0.15, 0.2) is 0 Å². The van der Waals surface area contributed by atoms with Gasteiger partial charge in [-0.1, -0.05) is 145 Å². The van der Waals surface area contributed by atoms with Crippen LogP contribution in [0.15, 0.2) is 164 Å². The van der Waals surface area contributed by atoms with Crippen LogP contribution in [-0.2, 0) is 5.41 Å². The normalized spacial score (nSPS) is 13.4. The van der Waals surface area contributed by atoms with Gasteiger partial charge in [0.2, 0.25) is 0 Å². The van der Waals surface area contributed by atoms with E-state index < -0.39 is 0 Å². The van der Waals surface area contributed by atoms with Crippen molar-refractivity contribution in [1.29, 1.82) is 0 Å². The Morgan fingerprint density at radius 1 is 0.440 bits per heavy atom. The van der Waals surface area contributed by atoms with Crippen molar-refractivity contribution >= 4 is 32.5 Å². The molecule has 0 fully saturated rings. The van der Waals surface area contributed by atoms with E-state index in [9.17, 15) is 0 Å². The number of rotatable bonds is 3. The van der Waals surface area contributed by atoms with E-state index in [1.165, 1.54) is 49.9 Å². The minimum Gasteiger partial charge on any atom is -0.263 e. The molecule has 0 unspecified atom stereocenters. The third-order valence-electron chi connectivity index (χ3n) is 10.7. The number of fused-ring (bicyclic) bond motifs is 12. The standard InChI is InChI=1S/C46H27N3S/c1-2-10-32-31(9-1)26-47-27-37(32)28-17-19-29(20-18-28)44-49-43-24-23-42(48-45(43)50-44)30-21-22-36-35-13-5-8-16-40(35)46(41(36)25-30)38-14-6-3-11-33(38)34-12-4-7-15-39(34)46/h1-27H. The Hall–Kier alpha value is -6.23. The molecule has 2 aliphatic carbocycles. The maximum absolute atomic E-state index is 5.22. The zero-order chi connectivity index (χ0) is 32.8. The molecule has 0 aliphatic heterocycles. The Bertz CT molecular complexity index is 2760. The quantitative estimate of drug-likeness (QED) is 0.190. The van der Waals surface area contributed by atoms with E-state index in [2.05, 4.69) is 157 Å². The van der Waals surface area contributed by atoms with E-state index in [0.717, 1.165) is 48.7 Å². The topological polar surface area (TPSA) is 38.7 Å². The van der Waals surface area contributed by atoms with Gasteiger partial charge in [-0.3, -0.25) is 4.98 Å². The van der Waals surface area contributed by atoms with Crippen molar-refractivity contribution in [3.63, 3.8) is 0 Å². The summed E-state index contributed by atoms with van der Waals surface area (Å²) in [5.74, 6) is 0. The van der Waals surface area contributed by atoms with Crippen LogP contribution in [0.2, 0.25) is 0 Å². The third-order valence-corrected chi connectivity index (χ3v) is 11.7. The van der Waals surface area contributed by atoms with Crippen LogP contribution in [0.4, 0.5) is 0 Å². The molecule has 0 atom stereocenters. The molecule has 1 spiro atoms. The number of aromatic nitrogens is 3. The summed E-state index contributed by atoms with van der Waals surface area (Å²) >= 11 is 1.64. The van der Waals surface area contributed by atoms with E-state index in [1.807, 2.05) is 12.4 Å². The zero-order valence-electron chi connectivity index (χ0n) is 26.8. The van der Waals surface area contributed by atoms with E-state index >= 15 is 0 Å². The van der Waals surface area contributed by atoms with Crippen molar-refractivity contribution < 1.29 is 0 Å². The van der Waals surface area contributed by atoms with Crippen molar-refractivity contribution in [1.82, 2.24) is 15.0 Å². The Morgan fingerprint density at radius 3 is 1.76 bits per heavy atom. The average Bonchev–Trinajstić information content (AvgIpc) is 3.84. The predicted octanol–water partition coefficient (Wildman–Crippen LogP) is 11.6. The molecule has 6 aromatic carbocycles. The molecule has 0 N–H and O–H groups in total. The second-order valence-corrected chi connectivity index (χ2v) is 14.1. The summed E-state index contributed by atoms with van der Waals surface area (Å²) in [4.78, 5) is 15.6. The molecular weight excluding hydrogens is 627 g/mol. The fourth-order valence-electron chi connectivity index (χ4n) is 8.49. The summed E-state index contributed by atoms with van der Waals surface area (Å²) < 4.78 is 0. The van der Waals surface area contributed by atoms with Crippen LogP contribution in [0.1, 0.15) is 22.3 Å². The summed E-state index contributed by atoms with van der Waals surface area (Å²) in [6.45, 7) is 0. The summed E-state index contributed by atoms with van der Waals surface area (Å²) in [6.07, 6.45) is 3.87. The molecule has 50 heavy (non-hydrogen) atoms. The van der Waals surface area contributed by atoms with Gasteiger partial charge in [0.1, 0.15) is 15.4 Å². The summed E-state index contributed by atoms with van der Waals surface area (Å²) in [6, 6.07) is 55.0. The Balaban J connectivity index is 1.01. The molecular formula is C46H27N3S. The zero-order valence-corrected chi connectivity index (χ0v) is 27.7. The Morgan fingerprint density at radius 2 is 1.04 bits per heavy atom. The first kappa shape index (κ1) is 27.7. The molecule has 0 radical (unpaired) electrons. The first-order valence-corrected chi connectivity index (χ1v) is 17.7. The monoisotopic (exact) mass is 653 g/mol. The highest BCUT2D eigenvalue weighted by molar-refractivity contribution is 7.21. The lowest BCUT2D eigenvalue weighted by atomic mass is 9.70. The molecule has 0 saturated heterocycles. The van der Waals surface area contributed by atoms with Crippen LogP contribution in [0.25, 0.3) is 76.3 Å². The highest BCUT2D eigenvalue weighted by Crippen LogP contribution is 2.63. The number of hydrogen-bond acceptors (Lipinski definition) is 4. The second kappa shape index (κ2) is 10.4. The van der Waals surface area contributed by atoms with Gasteiger partial charge in [-0.2, -0.15) is 0 Å². The molecule has 3 aromatic heterocycles. The lowest BCUT2D eigenvalue weighted by Gasteiger charge is -2.30. The molecule has 0 bridgehead atoms. The number of nitrogens with zero attached hydrogens (tertiary/aromatic N) is 3. The van der Waals surface area contributed by atoms with Gasteiger partial charge in [-0.15, -0.1) is 0 Å². The fraction of sp³-hybridized carbons (Fsp3) is 0.0217. The fourth-order valence-corrected chi connectivity index (χ4v) is 9.44. The Kier molecular flexibility index (Phi) is 5.75. The van der Waals surface area contributed by atoms with Gasteiger partial charge >= 0.3 is 0 Å². The van der Waals surface area contributed by atoms with E-state index in [-0.39, 0.29) is 5.41 Å². The average molecular weight is 654 g/mol. The third kappa shape index (κ3) is 3.77. The molecule has 2 aliphatic rings. The summed E-state index contributed by atoms with van der Waals surface area (Å²) in [5.41, 5.74) is 16.6. The van der Waals surface area contributed by atoms with Gasteiger partial charge in [-0.25, -0.2) is 9.97 Å². The van der Waals surface area contributed by atoms with Crippen LogP contribution in [-0.4, -0.2) is 15.0 Å². The Labute approximate surface area is 293 Å². The van der Waals surface area contributed by atoms with Crippen LogP contribution in [0.5, 0.6) is 0 Å². The van der Waals surface area contributed by atoms with Crippen LogP contribution in [0.3, 0.4) is 0 Å². The van der Waals surface area contributed by atoms with Gasteiger partial charge < -0.3 is 0 Å². The number of benzene rings is 6. The van der Waals surface area contributed by atoms with Crippen LogP contribution < -0.4 is 0 Å². The molecule has 0 amide bonds.